The van der Waals surface area contributed by atoms with Crippen LogP contribution in [-0.4, -0.2) is 48.3 Å². The molecule has 1 aromatic carbocycles. The lowest BCUT2D eigenvalue weighted by molar-refractivity contribution is 0.370. The van der Waals surface area contributed by atoms with Crippen molar-refractivity contribution in [2.24, 2.45) is 5.92 Å². The van der Waals surface area contributed by atoms with E-state index in [-0.39, 0.29) is 0 Å². The van der Waals surface area contributed by atoms with Gasteiger partial charge in [-0.1, -0.05) is 23.4 Å². The fourth-order valence-corrected chi connectivity index (χ4v) is 3.45. The minimum atomic E-state index is 0.733. The highest BCUT2D eigenvalue weighted by atomic mass is 15.5. The molecule has 0 unspecified atom stereocenters. The summed E-state index contributed by atoms with van der Waals surface area (Å²) in [5, 5.41) is 24.1. The molecular formula is C18H24N8. The molecule has 0 atom stereocenters. The van der Waals surface area contributed by atoms with Gasteiger partial charge in [0.15, 0.2) is 5.82 Å². The number of piperidine rings is 1. The third-order valence-corrected chi connectivity index (χ3v) is 4.87. The molecule has 1 fully saturated rings. The third-order valence-electron chi connectivity index (χ3n) is 4.87. The molecule has 0 radical (unpaired) electrons. The van der Waals surface area contributed by atoms with Crippen molar-refractivity contribution in [1.82, 2.24) is 40.5 Å². The molecule has 0 amide bonds. The molecule has 0 spiro atoms. The maximum absolute atomic E-state index is 4.34. The highest BCUT2D eigenvalue weighted by molar-refractivity contribution is 5.30. The zero-order valence-electron chi connectivity index (χ0n) is 14.8. The summed E-state index contributed by atoms with van der Waals surface area (Å²) in [6.07, 6.45) is 7.30. The van der Waals surface area contributed by atoms with E-state index >= 15 is 0 Å². The van der Waals surface area contributed by atoms with Gasteiger partial charge in [0, 0.05) is 19.2 Å². The Morgan fingerprint density at radius 3 is 2.73 bits per heavy atom. The van der Waals surface area contributed by atoms with Crippen molar-refractivity contribution in [2.75, 3.05) is 13.1 Å². The van der Waals surface area contributed by atoms with E-state index in [1.165, 1.54) is 12.8 Å². The van der Waals surface area contributed by atoms with Gasteiger partial charge in [-0.25, -0.2) is 0 Å². The number of rotatable bonds is 7. The van der Waals surface area contributed by atoms with Crippen LogP contribution in [0.25, 0.3) is 5.69 Å². The van der Waals surface area contributed by atoms with Gasteiger partial charge in [0.1, 0.15) is 0 Å². The topological polar surface area (TPSA) is 86.3 Å². The first kappa shape index (κ1) is 16.8. The Morgan fingerprint density at radius 2 is 1.88 bits per heavy atom. The van der Waals surface area contributed by atoms with Crippen LogP contribution in [0.5, 0.6) is 0 Å². The van der Waals surface area contributed by atoms with Crippen LogP contribution < -0.4 is 5.32 Å². The summed E-state index contributed by atoms with van der Waals surface area (Å²) in [4.78, 5) is 0. The van der Waals surface area contributed by atoms with Crippen LogP contribution in [-0.2, 0) is 19.4 Å². The fourth-order valence-electron chi connectivity index (χ4n) is 3.45. The summed E-state index contributed by atoms with van der Waals surface area (Å²) in [5.74, 6) is 1.60. The predicted octanol–water partition coefficient (Wildman–Crippen LogP) is 1.43. The Balaban J connectivity index is 1.30. The molecular weight excluding hydrogens is 328 g/mol. The first-order valence-corrected chi connectivity index (χ1v) is 9.31. The quantitative estimate of drug-likeness (QED) is 0.692. The van der Waals surface area contributed by atoms with Crippen LogP contribution >= 0.6 is 0 Å². The number of hydrogen-bond donors (Lipinski definition) is 1. The average molecular weight is 352 g/mol. The van der Waals surface area contributed by atoms with Crippen LogP contribution in [0.2, 0.25) is 0 Å². The van der Waals surface area contributed by atoms with Crippen LogP contribution in [0.15, 0.2) is 36.5 Å². The van der Waals surface area contributed by atoms with Gasteiger partial charge in [-0.15, -0.1) is 10.2 Å². The summed E-state index contributed by atoms with van der Waals surface area (Å²) >= 11 is 0. The van der Waals surface area contributed by atoms with Crippen molar-refractivity contribution in [3.63, 3.8) is 0 Å². The Labute approximate surface area is 152 Å². The van der Waals surface area contributed by atoms with Gasteiger partial charge in [-0.2, -0.15) is 4.68 Å². The highest BCUT2D eigenvalue weighted by Gasteiger charge is 2.15. The van der Waals surface area contributed by atoms with Gasteiger partial charge >= 0.3 is 0 Å². The van der Waals surface area contributed by atoms with Gasteiger partial charge in [0.2, 0.25) is 0 Å². The average Bonchev–Trinajstić information content (AvgIpc) is 3.33. The van der Waals surface area contributed by atoms with E-state index in [1.54, 1.807) is 4.68 Å². The summed E-state index contributed by atoms with van der Waals surface area (Å²) in [7, 11) is 0. The highest BCUT2D eigenvalue weighted by Crippen LogP contribution is 2.16. The number of benzene rings is 1. The number of nitrogens with one attached hydrogen (secondary N) is 1. The molecule has 8 nitrogen and oxygen atoms in total. The van der Waals surface area contributed by atoms with Gasteiger partial charge in [-0.3, -0.25) is 4.68 Å². The van der Waals surface area contributed by atoms with Crippen molar-refractivity contribution >= 4 is 0 Å². The normalized spacial score (nSPS) is 15.4. The van der Waals surface area contributed by atoms with Crippen LogP contribution in [0, 0.1) is 5.92 Å². The van der Waals surface area contributed by atoms with Crippen molar-refractivity contribution in [1.29, 1.82) is 0 Å². The smallest absolute Gasteiger partial charge is 0.156 e. The van der Waals surface area contributed by atoms with Crippen molar-refractivity contribution in [2.45, 2.75) is 38.6 Å². The van der Waals surface area contributed by atoms with E-state index in [9.17, 15) is 0 Å². The SMILES string of the molecule is c1ccc(-n2nnnc2CCCn2cc(CC3CCNCC3)nn2)cc1. The molecule has 3 aromatic rings. The van der Waals surface area contributed by atoms with E-state index in [1.807, 2.05) is 35.0 Å². The van der Waals surface area contributed by atoms with Gasteiger partial charge in [0.05, 0.1) is 11.4 Å². The minimum absolute atomic E-state index is 0.733. The second-order valence-corrected chi connectivity index (χ2v) is 6.82. The molecule has 3 heterocycles. The first-order valence-electron chi connectivity index (χ1n) is 9.31. The molecule has 4 rings (SSSR count). The second kappa shape index (κ2) is 8.18. The van der Waals surface area contributed by atoms with Crippen LogP contribution in [0.3, 0.4) is 0 Å². The molecule has 26 heavy (non-hydrogen) atoms. The number of nitrogens with zero attached hydrogens (tertiary/aromatic N) is 7. The molecule has 8 heteroatoms. The summed E-state index contributed by atoms with van der Waals surface area (Å²) in [5.41, 5.74) is 2.09. The lowest BCUT2D eigenvalue weighted by Crippen LogP contribution is -2.28. The maximum atomic E-state index is 4.34. The lowest BCUT2D eigenvalue weighted by atomic mass is 9.93. The van der Waals surface area contributed by atoms with Crippen molar-refractivity contribution in [3.05, 3.63) is 48.0 Å². The molecule has 1 aliphatic rings. The minimum Gasteiger partial charge on any atom is -0.317 e. The monoisotopic (exact) mass is 352 g/mol. The second-order valence-electron chi connectivity index (χ2n) is 6.82. The van der Waals surface area contributed by atoms with Gasteiger partial charge in [0.25, 0.3) is 0 Å². The third kappa shape index (κ3) is 4.13. The number of aromatic nitrogens is 7. The Bertz CT molecular complexity index is 803. The van der Waals surface area contributed by atoms with Gasteiger partial charge in [-0.05, 0) is 67.3 Å². The Kier molecular flexibility index (Phi) is 5.30. The standard InChI is InChI=1S/C18H24N8/c1-2-5-17(6-3-1)26-18(21-22-24-26)7-4-12-25-14-16(20-23-25)13-15-8-10-19-11-9-15/h1-3,5-6,14-15,19H,4,7-13H2. The molecule has 2 aromatic heterocycles. The van der Waals surface area contributed by atoms with E-state index in [4.69, 9.17) is 0 Å². The Morgan fingerprint density at radius 1 is 1.04 bits per heavy atom. The zero-order valence-corrected chi connectivity index (χ0v) is 14.8. The Hall–Kier alpha value is -2.61. The van der Waals surface area contributed by atoms with E-state index < -0.39 is 0 Å². The van der Waals surface area contributed by atoms with E-state index in [0.29, 0.717) is 0 Å². The number of para-hydroxylation sites is 1. The molecule has 1 saturated heterocycles. The number of tetrazole rings is 1. The number of hydrogen-bond acceptors (Lipinski definition) is 6. The van der Waals surface area contributed by atoms with Crippen molar-refractivity contribution in [3.8, 4) is 5.69 Å². The van der Waals surface area contributed by atoms with Crippen LogP contribution in [0.4, 0.5) is 0 Å². The van der Waals surface area contributed by atoms with E-state index in [2.05, 4.69) is 37.4 Å². The summed E-state index contributed by atoms with van der Waals surface area (Å²) in [6.45, 7) is 3.06. The van der Waals surface area contributed by atoms with Crippen LogP contribution in [0.1, 0.15) is 30.8 Å². The predicted molar refractivity (Wildman–Crippen MR) is 96.8 cm³/mol. The molecule has 0 saturated carbocycles. The summed E-state index contributed by atoms with van der Waals surface area (Å²) in [6, 6.07) is 9.97. The maximum Gasteiger partial charge on any atom is 0.156 e. The van der Waals surface area contributed by atoms with E-state index in [0.717, 1.165) is 62.0 Å². The molecule has 0 bridgehead atoms. The fraction of sp³-hybridized carbons (Fsp3) is 0.500. The van der Waals surface area contributed by atoms with Crippen molar-refractivity contribution < 1.29 is 0 Å². The summed E-state index contributed by atoms with van der Waals surface area (Å²) < 4.78 is 3.73. The van der Waals surface area contributed by atoms with Gasteiger partial charge < -0.3 is 5.32 Å². The zero-order chi connectivity index (χ0) is 17.6. The first-order chi connectivity index (χ1) is 12.9. The molecule has 0 aliphatic carbocycles. The lowest BCUT2D eigenvalue weighted by Gasteiger charge is -2.21. The number of aryl methyl sites for hydroxylation is 2. The molecule has 136 valence electrons. The molecule has 1 aliphatic heterocycles. The largest absolute Gasteiger partial charge is 0.317 e. The molecule has 1 N–H and O–H groups in total.